The first-order chi connectivity index (χ1) is 16.6. The van der Waals surface area contributed by atoms with E-state index in [1.54, 1.807) is 11.3 Å². The predicted octanol–water partition coefficient (Wildman–Crippen LogP) is 6.91. The van der Waals surface area contributed by atoms with E-state index in [-0.39, 0.29) is 12.3 Å². The summed E-state index contributed by atoms with van der Waals surface area (Å²) in [7, 11) is 0. The fraction of sp³-hybridized carbons (Fsp3) is 0.241. The summed E-state index contributed by atoms with van der Waals surface area (Å²) in [5.74, 6) is 0.238. The lowest BCUT2D eigenvalue weighted by molar-refractivity contribution is -0.137. The molecule has 1 aromatic heterocycles. The zero-order valence-electron chi connectivity index (χ0n) is 19.2. The van der Waals surface area contributed by atoms with Crippen LogP contribution in [-0.4, -0.2) is 22.7 Å². The van der Waals surface area contributed by atoms with Gasteiger partial charge >= 0.3 is 5.97 Å². The average Bonchev–Trinajstić information content (AvgIpc) is 3.42. The average molecular weight is 470 g/mol. The Morgan fingerprint density at radius 1 is 1.03 bits per heavy atom. The summed E-state index contributed by atoms with van der Waals surface area (Å²) in [5.41, 5.74) is 7.01. The summed E-state index contributed by atoms with van der Waals surface area (Å²) in [4.78, 5) is 17.2. The van der Waals surface area contributed by atoms with Gasteiger partial charge in [0.1, 0.15) is 10.8 Å². The second-order valence-electron chi connectivity index (χ2n) is 8.76. The van der Waals surface area contributed by atoms with E-state index >= 15 is 0 Å². The Morgan fingerprint density at radius 2 is 1.76 bits per heavy atom. The van der Waals surface area contributed by atoms with Crippen LogP contribution in [0.3, 0.4) is 0 Å². The standard InChI is InChI=1S/C29H27NO3S/c1-19-27(15-16-33-25-13-14-26-23(17-25)11-12-24(26)18-28(31)32)30-29(34-19)22-9-7-21(8-10-22)20-5-3-2-4-6-20/h2-10,13-14,17,24H,11-12,15-16,18H2,1H3,(H,31,32). The fourth-order valence-corrected chi connectivity index (χ4v) is 5.64. The third-order valence-electron chi connectivity index (χ3n) is 6.48. The molecule has 5 rings (SSSR count). The lowest BCUT2D eigenvalue weighted by atomic mass is 9.98. The monoisotopic (exact) mass is 469 g/mol. The molecule has 1 unspecified atom stereocenters. The highest BCUT2D eigenvalue weighted by molar-refractivity contribution is 7.15. The Labute approximate surface area is 203 Å². The molecule has 0 radical (unpaired) electrons. The molecule has 5 heteroatoms. The van der Waals surface area contributed by atoms with Crippen LogP contribution < -0.4 is 4.74 Å². The largest absolute Gasteiger partial charge is 0.493 e. The molecule has 1 N–H and O–H groups in total. The number of aryl methyl sites for hydroxylation is 2. The van der Waals surface area contributed by atoms with Crippen LogP contribution in [0.25, 0.3) is 21.7 Å². The van der Waals surface area contributed by atoms with Crippen LogP contribution in [0.5, 0.6) is 5.75 Å². The number of carboxylic acid groups (broad SMARTS) is 1. The number of fused-ring (bicyclic) bond motifs is 1. The zero-order chi connectivity index (χ0) is 23.5. The van der Waals surface area contributed by atoms with Gasteiger partial charge in [0.15, 0.2) is 0 Å². The van der Waals surface area contributed by atoms with Gasteiger partial charge in [-0.3, -0.25) is 4.79 Å². The number of benzene rings is 3. The molecule has 34 heavy (non-hydrogen) atoms. The second kappa shape index (κ2) is 9.82. The van der Waals surface area contributed by atoms with E-state index in [1.807, 2.05) is 18.2 Å². The Morgan fingerprint density at radius 3 is 2.53 bits per heavy atom. The minimum Gasteiger partial charge on any atom is -0.493 e. The minimum atomic E-state index is -0.733. The van der Waals surface area contributed by atoms with Crippen molar-refractivity contribution in [2.75, 3.05) is 6.61 Å². The van der Waals surface area contributed by atoms with Crippen LogP contribution in [0, 0.1) is 6.92 Å². The molecule has 0 amide bonds. The number of hydrogen-bond donors (Lipinski definition) is 1. The van der Waals surface area contributed by atoms with Gasteiger partial charge in [-0.15, -0.1) is 11.3 Å². The SMILES string of the molecule is Cc1sc(-c2ccc(-c3ccccc3)cc2)nc1CCOc1ccc2c(c1)CCC2CC(=O)O. The van der Waals surface area contributed by atoms with Gasteiger partial charge in [-0.05, 0) is 60.1 Å². The van der Waals surface area contributed by atoms with E-state index in [0.717, 1.165) is 46.8 Å². The van der Waals surface area contributed by atoms with Gasteiger partial charge in [0.25, 0.3) is 0 Å². The molecule has 0 bridgehead atoms. The van der Waals surface area contributed by atoms with Crippen molar-refractivity contribution in [3.63, 3.8) is 0 Å². The third-order valence-corrected chi connectivity index (χ3v) is 7.54. The van der Waals surface area contributed by atoms with Gasteiger partial charge in [0.05, 0.1) is 18.7 Å². The summed E-state index contributed by atoms with van der Waals surface area (Å²) < 4.78 is 6.03. The van der Waals surface area contributed by atoms with E-state index in [0.29, 0.717) is 6.61 Å². The van der Waals surface area contributed by atoms with Crippen LogP contribution in [0.2, 0.25) is 0 Å². The molecular weight excluding hydrogens is 442 g/mol. The number of carboxylic acids is 1. The number of hydrogen-bond acceptors (Lipinski definition) is 4. The van der Waals surface area contributed by atoms with Gasteiger partial charge in [-0.1, -0.05) is 60.7 Å². The van der Waals surface area contributed by atoms with Crippen molar-refractivity contribution in [3.8, 4) is 27.4 Å². The number of rotatable bonds is 8. The van der Waals surface area contributed by atoms with E-state index in [9.17, 15) is 4.79 Å². The van der Waals surface area contributed by atoms with Gasteiger partial charge in [0, 0.05) is 16.9 Å². The van der Waals surface area contributed by atoms with E-state index < -0.39 is 5.97 Å². The van der Waals surface area contributed by atoms with Crippen LogP contribution >= 0.6 is 11.3 Å². The molecule has 0 spiro atoms. The summed E-state index contributed by atoms with van der Waals surface area (Å²) in [5, 5.41) is 10.1. The molecule has 1 aliphatic rings. The maximum absolute atomic E-state index is 11.1. The third kappa shape index (κ3) is 4.90. The smallest absolute Gasteiger partial charge is 0.303 e. The van der Waals surface area contributed by atoms with Gasteiger partial charge in [-0.25, -0.2) is 4.98 Å². The lowest BCUT2D eigenvalue weighted by Crippen LogP contribution is -2.04. The van der Waals surface area contributed by atoms with Gasteiger partial charge < -0.3 is 9.84 Å². The van der Waals surface area contributed by atoms with Crippen LogP contribution in [0.4, 0.5) is 0 Å². The number of carbonyl (C=O) groups is 1. The molecule has 1 atom stereocenters. The highest BCUT2D eigenvalue weighted by Crippen LogP contribution is 2.37. The highest BCUT2D eigenvalue weighted by atomic mass is 32.1. The predicted molar refractivity (Wildman–Crippen MR) is 137 cm³/mol. The molecule has 0 saturated heterocycles. The molecule has 1 aliphatic carbocycles. The molecule has 1 heterocycles. The minimum absolute atomic E-state index is 0.124. The van der Waals surface area contributed by atoms with E-state index in [1.165, 1.54) is 21.6 Å². The first-order valence-corrected chi connectivity index (χ1v) is 12.5. The van der Waals surface area contributed by atoms with Crippen molar-refractivity contribution in [1.29, 1.82) is 0 Å². The van der Waals surface area contributed by atoms with Crippen molar-refractivity contribution in [2.24, 2.45) is 0 Å². The molecule has 0 aliphatic heterocycles. The highest BCUT2D eigenvalue weighted by Gasteiger charge is 2.24. The number of aliphatic carboxylic acids is 1. The summed E-state index contributed by atoms with van der Waals surface area (Å²) >= 11 is 1.72. The van der Waals surface area contributed by atoms with Crippen molar-refractivity contribution >= 4 is 17.3 Å². The van der Waals surface area contributed by atoms with Crippen LogP contribution in [-0.2, 0) is 17.6 Å². The molecular formula is C29H27NO3S. The summed E-state index contributed by atoms with van der Waals surface area (Å²) in [6.07, 6.45) is 2.77. The number of thiazole rings is 1. The maximum Gasteiger partial charge on any atom is 0.303 e. The van der Waals surface area contributed by atoms with Crippen molar-refractivity contribution in [2.45, 2.75) is 38.5 Å². The van der Waals surface area contributed by atoms with Crippen molar-refractivity contribution in [3.05, 3.63) is 94.5 Å². The first kappa shape index (κ1) is 22.4. The second-order valence-corrected chi connectivity index (χ2v) is 9.96. The fourth-order valence-electron chi connectivity index (χ4n) is 4.68. The Bertz CT molecular complexity index is 1290. The van der Waals surface area contributed by atoms with E-state index in [2.05, 4.69) is 61.5 Å². The van der Waals surface area contributed by atoms with Crippen LogP contribution in [0.1, 0.15) is 40.5 Å². The molecule has 172 valence electrons. The van der Waals surface area contributed by atoms with Gasteiger partial charge in [0.2, 0.25) is 0 Å². The topological polar surface area (TPSA) is 59.4 Å². The molecule has 4 aromatic rings. The zero-order valence-corrected chi connectivity index (χ0v) is 20.0. The Kier molecular flexibility index (Phi) is 6.45. The molecule has 4 nitrogen and oxygen atoms in total. The van der Waals surface area contributed by atoms with Crippen LogP contribution in [0.15, 0.2) is 72.8 Å². The molecule has 3 aromatic carbocycles. The van der Waals surface area contributed by atoms with Crippen molar-refractivity contribution in [1.82, 2.24) is 4.98 Å². The van der Waals surface area contributed by atoms with E-state index in [4.69, 9.17) is 14.8 Å². The van der Waals surface area contributed by atoms with Gasteiger partial charge in [-0.2, -0.15) is 0 Å². The first-order valence-electron chi connectivity index (χ1n) is 11.7. The number of aromatic nitrogens is 1. The summed E-state index contributed by atoms with van der Waals surface area (Å²) in [6, 6.07) is 25.1. The van der Waals surface area contributed by atoms with Crippen molar-refractivity contribution < 1.29 is 14.6 Å². The normalized spacial score (nSPS) is 14.7. The Hall–Kier alpha value is -3.44. The number of nitrogens with zero attached hydrogens (tertiary/aromatic N) is 1. The lowest BCUT2D eigenvalue weighted by Gasteiger charge is -2.10. The summed E-state index contributed by atoms with van der Waals surface area (Å²) in [6.45, 7) is 2.68. The maximum atomic E-state index is 11.1. The number of ether oxygens (including phenoxy) is 1. The quantitative estimate of drug-likeness (QED) is 0.305. The molecule has 0 saturated carbocycles. The molecule has 0 fully saturated rings. The Balaban J connectivity index is 1.21.